The van der Waals surface area contributed by atoms with Gasteiger partial charge in [-0.3, -0.25) is 9.32 Å². The van der Waals surface area contributed by atoms with Gasteiger partial charge in [-0.15, -0.1) is 13.2 Å². The van der Waals surface area contributed by atoms with Gasteiger partial charge >= 0.3 is 17.0 Å². The van der Waals surface area contributed by atoms with E-state index in [9.17, 15) is 22.8 Å². The molecule has 0 aliphatic rings. The molecule has 12 heteroatoms. The van der Waals surface area contributed by atoms with Crippen LogP contribution in [0.3, 0.4) is 0 Å². The minimum absolute atomic E-state index is 0.0788. The smallest absolute Gasteiger partial charge is 0.497 e. The van der Waals surface area contributed by atoms with E-state index < -0.39 is 23.6 Å². The Morgan fingerprint density at radius 3 is 2.57 bits per heavy atom. The van der Waals surface area contributed by atoms with Gasteiger partial charge in [-0.05, 0) is 46.0 Å². The van der Waals surface area contributed by atoms with Gasteiger partial charge in [0.1, 0.15) is 5.75 Å². The summed E-state index contributed by atoms with van der Waals surface area (Å²) in [5, 5.41) is 4.84. The van der Waals surface area contributed by atoms with E-state index in [2.05, 4.69) is 15.3 Å². The van der Waals surface area contributed by atoms with Gasteiger partial charge in [0, 0.05) is 12.1 Å². The lowest BCUT2D eigenvalue weighted by atomic mass is 10.3. The Morgan fingerprint density at radius 1 is 1.20 bits per heavy atom. The topological polar surface area (TPSA) is 97.4 Å². The van der Waals surface area contributed by atoms with Crippen molar-refractivity contribution in [3.05, 3.63) is 59.0 Å². The van der Waals surface area contributed by atoms with Crippen molar-refractivity contribution in [1.29, 1.82) is 0 Å². The SMILES string of the molecule is COc1ccc(-[n+]2[nH]oc(=O)c2SCC(=O)Nc2ccccc2OC(F)(F)F)cc1. The highest BCUT2D eigenvalue weighted by Gasteiger charge is 2.32. The molecule has 8 nitrogen and oxygen atoms in total. The third-order valence-electron chi connectivity index (χ3n) is 3.66. The van der Waals surface area contributed by atoms with Crippen molar-refractivity contribution in [1.82, 2.24) is 5.27 Å². The molecule has 1 aromatic heterocycles. The number of carbonyl (C=O) groups is 1. The van der Waals surface area contributed by atoms with E-state index in [0.29, 0.717) is 11.4 Å². The number of halogens is 3. The maximum absolute atomic E-state index is 12.5. The monoisotopic (exact) mass is 442 g/mol. The molecule has 2 N–H and O–H groups in total. The maximum atomic E-state index is 12.5. The fourth-order valence-corrected chi connectivity index (χ4v) is 3.16. The van der Waals surface area contributed by atoms with Crippen molar-refractivity contribution in [3.8, 4) is 17.2 Å². The third-order valence-corrected chi connectivity index (χ3v) is 4.69. The Kier molecular flexibility index (Phi) is 6.35. The van der Waals surface area contributed by atoms with Crippen LogP contribution in [0.1, 0.15) is 0 Å². The van der Waals surface area contributed by atoms with Crippen LogP contribution in [-0.4, -0.2) is 30.4 Å². The molecule has 0 unspecified atom stereocenters. The first-order valence-corrected chi connectivity index (χ1v) is 9.31. The number of amides is 1. The fraction of sp³-hybridized carbons (Fsp3) is 0.167. The van der Waals surface area contributed by atoms with E-state index in [-0.39, 0.29) is 16.5 Å². The third kappa shape index (κ3) is 5.35. The van der Waals surface area contributed by atoms with Crippen molar-refractivity contribution < 1.29 is 36.6 Å². The Labute approximate surface area is 171 Å². The fourth-order valence-electron chi connectivity index (χ4n) is 2.39. The van der Waals surface area contributed by atoms with Crippen LogP contribution in [-0.2, 0) is 4.79 Å². The molecule has 158 valence electrons. The first-order valence-electron chi connectivity index (χ1n) is 8.32. The van der Waals surface area contributed by atoms with Crippen molar-refractivity contribution >= 4 is 23.4 Å². The standard InChI is InChI=1S/C18H14F3N3O5S/c1-27-12-8-6-11(7-9-12)24-16(17(26)29-23-24)30-10-15(25)22-13-4-2-3-5-14(13)28-18(19,20)21/h2-9H,10H2,1H3,(H-,22,23,25,26)/p+1. The number of benzene rings is 2. The van der Waals surface area contributed by atoms with Crippen molar-refractivity contribution in [3.63, 3.8) is 0 Å². The number of nitrogens with zero attached hydrogens (tertiary/aromatic N) is 1. The second-order valence-corrected chi connectivity index (χ2v) is 6.66. The zero-order chi connectivity index (χ0) is 21.7. The molecule has 0 atom stereocenters. The summed E-state index contributed by atoms with van der Waals surface area (Å²) in [5.74, 6) is -0.838. The zero-order valence-electron chi connectivity index (χ0n) is 15.4. The number of aromatic nitrogens is 2. The summed E-state index contributed by atoms with van der Waals surface area (Å²) in [7, 11) is 1.51. The van der Waals surface area contributed by atoms with Gasteiger partial charge in [-0.2, -0.15) is 0 Å². The molecule has 2 aromatic carbocycles. The van der Waals surface area contributed by atoms with Gasteiger partial charge in [-0.1, -0.05) is 12.1 Å². The van der Waals surface area contributed by atoms with E-state index in [1.54, 1.807) is 24.3 Å². The molecule has 0 saturated carbocycles. The minimum Gasteiger partial charge on any atom is -0.497 e. The summed E-state index contributed by atoms with van der Waals surface area (Å²) in [6, 6.07) is 11.8. The van der Waals surface area contributed by atoms with Crippen molar-refractivity contribution in [2.75, 3.05) is 18.2 Å². The maximum Gasteiger partial charge on any atom is 0.573 e. The Hall–Kier alpha value is -3.41. The summed E-state index contributed by atoms with van der Waals surface area (Å²) in [6.45, 7) is 0. The number of aromatic amines is 1. The average Bonchev–Trinajstić information content (AvgIpc) is 3.07. The molecule has 0 bridgehead atoms. The molecule has 0 fully saturated rings. The number of anilines is 1. The van der Waals surface area contributed by atoms with Crippen LogP contribution < -0.4 is 25.1 Å². The first kappa shape index (κ1) is 21.3. The molecule has 0 aliphatic heterocycles. The summed E-state index contributed by atoms with van der Waals surface area (Å²) in [5.41, 5.74) is -0.303. The Morgan fingerprint density at radius 2 is 1.90 bits per heavy atom. The highest BCUT2D eigenvalue weighted by molar-refractivity contribution is 7.99. The Balaban J connectivity index is 1.70. The lowest BCUT2D eigenvalue weighted by Gasteiger charge is -2.13. The molecule has 3 rings (SSSR count). The molecule has 0 radical (unpaired) electrons. The second-order valence-electron chi connectivity index (χ2n) is 5.70. The summed E-state index contributed by atoms with van der Waals surface area (Å²) >= 11 is 0.851. The van der Waals surface area contributed by atoms with E-state index >= 15 is 0 Å². The van der Waals surface area contributed by atoms with Crippen LogP contribution in [0.4, 0.5) is 18.9 Å². The molecule has 0 aliphatic carbocycles. The largest absolute Gasteiger partial charge is 0.573 e. The molecule has 1 amide bonds. The number of alkyl halides is 3. The van der Waals surface area contributed by atoms with Crippen LogP contribution in [0.5, 0.6) is 11.5 Å². The molecule has 1 heterocycles. The number of nitrogens with one attached hydrogen (secondary N) is 2. The normalized spacial score (nSPS) is 11.2. The first-order chi connectivity index (χ1) is 14.3. The number of ether oxygens (including phenoxy) is 2. The number of hydrogen-bond acceptors (Lipinski definition) is 6. The van der Waals surface area contributed by atoms with Crippen LogP contribution in [0, 0.1) is 0 Å². The zero-order valence-corrected chi connectivity index (χ0v) is 16.2. The second kappa shape index (κ2) is 8.95. The molecule has 0 spiro atoms. The number of methoxy groups -OCH3 is 1. The minimum atomic E-state index is -4.90. The van der Waals surface area contributed by atoms with Gasteiger partial charge < -0.3 is 14.8 Å². The van der Waals surface area contributed by atoms with Gasteiger partial charge in [0.2, 0.25) is 11.6 Å². The predicted octanol–water partition coefficient (Wildman–Crippen LogP) is 2.88. The summed E-state index contributed by atoms with van der Waals surface area (Å²) < 4.78 is 52.6. The van der Waals surface area contributed by atoms with Crippen LogP contribution in [0.25, 0.3) is 5.69 Å². The lowest BCUT2D eigenvalue weighted by Crippen LogP contribution is -2.36. The number of rotatable bonds is 7. The molecular weight excluding hydrogens is 427 g/mol. The van der Waals surface area contributed by atoms with E-state index in [4.69, 9.17) is 9.26 Å². The molecule has 3 aromatic rings. The van der Waals surface area contributed by atoms with Crippen LogP contribution >= 0.6 is 11.8 Å². The van der Waals surface area contributed by atoms with Crippen LogP contribution in [0.2, 0.25) is 0 Å². The van der Waals surface area contributed by atoms with Crippen LogP contribution in [0.15, 0.2) is 62.9 Å². The van der Waals surface area contributed by atoms with E-state index in [1.807, 2.05) is 0 Å². The number of thioether (sulfide) groups is 1. The predicted molar refractivity (Wildman–Crippen MR) is 99.9 cm³/mol. The quantitative estimate of drug-likeness (QED) is 0.432. The van der Waals surface area contributed by atoms with Gasteiger partial charge in [0.25, 0.3) is 0 Å². The molecular formula is C18H15F3N3O5S+. The Bertz CT molecular complexity index is 1080. The molecule has 30 heavy (non-hydrogen) atoms. The van der Waals surface area contributed by atoms with Gasteiger partial charge in [-0.25, -0.2) is 4.79 Å². The molecule has 0 saturated heterocycles. The number of para-hydroxylation sites is 2. The lowest BCUT2D eigenvalue weighted by molar-refractivity contribution is -0.704. The van der Waals surface area contributed by atoms with Crippen molar-refractivity contribution in [2.45, 2.75) is 11.4 Å². The number of hydrogen-bond donors (Lipinski definition) is 2. The highest BCUT2D eigenvalue weighted by atomic mass is 32.2. The summed E-state index contributed by atoms with van der Waals surface area (Å²) in [4.78, 5) is 24.2. The van der Waals surface area contributed by atoms with E-state index in [1.165, 1.54) is 30.0 Å². The summed E-state index contributed by atoms with van der Waals surface area (Å²) in [6.07, 6.45) is -4.90. The van der Waals surface area contributed by atoms with E-state index in [0.717, 1.165) is 17.8 Å². The number of H-pyrrole nitrogens is 1. The highest BCUT2D eigenvalue weighted by Crippen LogP contribution is 2.30. The van der Waals surface area contributed by atoms with Crippen molar-refractivity contribution in [2.24, 2.45) is 0 Å². The average molecular weight is 442 g/mol. The number of carbonyl (C=O) groups excluding carboxylic acids is 1. The van der Waals surface area contributed by atoms with Gasteiger partial charge in [0.05, 0.1) is 18.6 Å². The van der Waals surface area contributed by atoms with Gasteiger partial charge in [0.15, 0.2) is 5.75 Å².